The fraction of sp³-hybridized carbons (Fsp3) is 0.278. The highest BCUT2D eigenvalue weighted by atomic mass is 79.9. The first-order valence-electron chi connectivity index (χ1n) is 15.1. The summed E-state index contributed by atoms with van der Waals surface area (Å²) < 4.78 is 30.2. The van der Waals surface area contributed by atoms with E-state index in [4.69, 9.17) is 0 Å². The quantitative estimate of drug-likeness (QED) is 0.147. The highest BCUT2D eigenvalue weighted by Gasteiger charge is 2.34. The monoisotopic (exact) mass is 689 g/mol. The van der Waals surface area contributed by atoms with Crippen molar-refractivity contribution >= 4 is 43.5 Å². The third-order valence-corrected chi connectivity index (χ3v) is 10.0. The van der Waals surface area contributed by atoms with E-state index in [1.807, 2.05) is 75.4 Å². The van der Waals surface area contributed by atoms with Gasteiger partial charge < -0.3 is 10.2 Å². The number of anilines is 1. The van der Waals surface area contributed by atoms with Crippen LogP contribution in [0.5, 0.6) is 0 Å². The molecule has 0 bridgehead atoms. The van der Waals surface area contributed by atoms with Gasteiger partial charge in [-0.05, 0) is 73.4 Å². The van der Waals surface area contributed by atoms with E-state index < -0.39 is 28.5 Å². The Hall–Kier alpha value is -3.95. The number of sulfonamides is 1. The maximum atomic E-state index is 14.5. The van der Waals surface area contributed by atoms with Crippen molar-refractivity contribution in [3.8, 4) is 0 Å². The zero-order chi connectivity index (χ0) is 32.4. The normalized spacial score (nSPS) is 11.9. The number of rotatable bonds is 14. The van der Waals surface area contributed by atoms with Gasteiger partial charge in [0, 0.05) is 24.0 Å². The van der Waals surface area contributed by atoms with Crippen molar-refractivity contribution in [2.75, 3.05) is 17.4 Å². The second kappa shape index (κ2) is 15.9. The van der Waals surface area contributed by atoms with Crippen LogP contribution in [0.3, 0.4) is 0 Å². The van der Waals surface area contributed by atoms with Crippen molar-refractivity contribution in [2.45, 2.75) is 57.5 Å². The van der Waals surface area contributed by atoms with Gasteiger partial charge in [-0.25, -0.2) is 8.42 Å². The van der Waals surface area contributed by atoms with E-state index in [1.165, 1.54) is 4.90 Å². The number of nitrogens with one attached hydrogen (secondary N) is 1. The van der Waals surface area contributed by atoms with Gasteiger partial charge in [-0.3, -0.25) is 13.9 Å². The lowest BCUT2D eigenvalue weighted by molar-refractivity contribution is -0.140. The van der Waals surface area contributed by atoms with Gasteiger partial charge in [-0.15, -0.1) is 0 Å². The first kappa shape index (κ1) is 33.9. The summed E-state index contributed by atoms with van der Waals surface area (Å²) in [7, 11) is -4.15. The Labute approximate surface area is 275 Å². The van der Waals surface area contributed by atoms with Crippen molar-refractivity contribution < 1.29 is 18.0 Å². The molecule has 0 unspecified atom stereocenters. The number of amides is 2. The highest BCUT2D eigenvalue weighted by Crippen LogP contribution is 2.27. The van der Waals surface area contributed by atoms with Crippen LogP contribution in [0, 0.1) is 13.8 Å². The zero-order valence-electron chi connectivity index (χ0n) is 25.9. The smallest absolute Gasteiger partial charge is 0.264 e. The molecule has 45 heavy (non-hydrogen) atoms. The maximum Gasteiger partial charge on any atom is 0.264 e. The predicted octanol–water partition coefficient (Wildman–Crippen LogP) is 6.82. The van der Waals surface area contributed by atoms with Gasteiger partial charge in [0.1, 0.15) is 12.6 Å². The van der Waals surface area contributed by atoms with Crippen LogP contribution in [0.15, 0.2) is 112 Å². The average molecular weight is 691 g/mol. The summed E-state index contributed by atoms with van der Waals surface area (Å²) in [6, 6.07) is 29.8. The van der Waals surface area contributed by atoms with Crippen molar-refractivity contribution in [3.05, 3.63) is 130 Å². The number of halogens is 1. The summed E-state index contributed by atoms with van der Waals surface area (Å²) in [6.45, 7) is 6.03. The zero-order valence-corrected chi connectivity index (χ0v) is 28.4. The molecular weight excluding hydrogens is 650 g/mol. The van der Waals surface area contributed by atoms with Gasteiger partial charge in [0.05, 0.1) is 10.6 Å². The molecular formula is C36H40BrN3O4S. The summed E-state index contributed by atoms with van der Waals surface area (Å²) in [5.41, 5.74) is 4.00. The van der Waals surface area contributed by atoms with Crippen molar-refractivity contribution in [3.63, 3.8) is 0 Å². The van der Waals surface area contributed by atoms with E-state index in [0.717, 1.165) is 43.9 Å². The molecule has 9 heteroatoms. The van der Waals surface area contributed by atoms with Gasteiger partial charge in [0.15, 0.2) is 0 Å². The van der Waals surface area contributed by atoms with Gasteiger partial charge in [-0.2, -0.15) is 0 Å². The van der Waals surface area contributed by atoms with Crippen molar-refractivity contribution in [1.29, 1.82) is 0 Å². The third kappa shape index (κ3) is 9.05. The van der Waals surface area contributed by atoms with Crippen LogP contribution in [-0.4, -0.2) is 44.3 Å². The number of hydrogen-bond acceptors (Lipinski definition) is 4. The van der Waals surface area contributed by atoms with Gasteiger partial charge in [-0.1, -0.05) is 102 Å². The lowest BCUT2D eigenvalue weighted by Gasteiger charge is -2.34. The number of carbonyl (C=O) groups excluding carboxylic acids is 2. The Balaban J connectivity index is 1.79. The van der Waals surface area contributed by atoms with Crippen molar-refractivity contribution in [1.82, 2.24) is 10.2 Å². The molecule has 0 aromatic heterocycles. The first-order valence-corrected chi connectivity index (χ1v) is 17.3. The molecule has 1 N–H and O–H groups in total. The van der Waals surface area contributed by atoms with Crippen LogP contribution in [0.25, 0.3) is 0 Å². The largest absolute Gasteiger partial charge is 0.354 e. The Bertz CT molecular complexity index is 1680. The van der Waals surface area contributed by atoms with E-state index in [-0.39, 0.29) is 23.8 Å². The second-order valence-electron chi connectivity index (χ2n) is 11.1. The maximum absolute atomic E-state index is 14.5. The molecule has 1 atom stereocenters. The summed E-state index contributed by atoms with van der Waals surface area (Å²) >= 11 is 3.42. The van der Waals surface area contributed by atoms with Crippen LogP contribution in [0.4, 0.5) is 5.69 Å². The fourth-order valence-electron chi connectivity index (χ4n) is 5.00. The number of unbranched alkanes of at least 4 members (excludes halogenated alkanes) is 1. The van der Waals surface area contributed by atoms with Crippen molar-refractivity contribution in [2.24, 2.45) is 0 Å². The molecule has 7 nitrogen and oxygen atoms in total. The lowest BCUT2D eigenvalue weighted by Crippen LogP contribution is -2.53. The minimum atomic E-state index is -4.15. The molecule has 0 saturated heterocycles. The lowest BCUT2D eigenvalue weighted by atomic mass is 10.0. The van der Waals surface area contributed by atoms with Gasteiger partial charge in [0.2, 0.25) is 11.8 Å². The number of aryl methyl sites for hydroxylation is 2. The van der Waals surface area contributed by atoms with Crippen LogP contribution >= 0.6 is 15.9 Å². The van der Waals surface area contributed by atoms with Crippen LogP contribution < -0.4 is 9.62 Å². The predicted molar refractivity (Wildman–Crippen MR) is 183 cm³/mol. The Morgan fingerprint density at radius 2 is 1.49 bits per heavy atom. The van der Waals surface area contributed by atoms with Crippen LogP contribution in [0.2, 0.25) is 0 Å². The number of carbonyl (C=O) groups is 2. The minimum absolute atomic E-state index is 0.0763. The molecule has 0 aliphatic rings. The molecule has 4 rings (SSSR count). The first-order chi connectivity index (χ1) is 21.6. The summed E-state index contributed by atoms with van der Waals surface area (Å²) in [5.74, 6) is -0.755. The van der Waals surface area contributed by atoms with Gasteiger partial charge in [0.25, 0.3) is 10.0 Å². The Morgan fingerprint density at radius 3 is 2.13 bits per heavy atom. The topological polar surface area (TPSA) is 86.8 Å². The molecule has 0 aliphatic heterocycles. The summed E-state index contributed by atoms with van der Waals surface area (Å²) in [5, 5.41) is 3.02. The third-order valence-electron chi connectivity index (χ3n) is 7.71. The standard InChI is InChI=1S/C36H40BrN3O4S/c1-4-5-23-38-36(42)34(24-29-12-7-6-8-13-29)39(25-30-14-10-9-11-28(30)3)35(41)26-40(32-19-17-31(37)18-20-32)45(43,44)33-21-15-27(2)16-22-33/h6-22,34H,4-5,23-26H2,1-3H3,(H,38,42)/t34-/m0/s1. The van der Waals surface area contributed by atoms with E-state index in [1.54, 1.807) is 48.5 Å². The van der Waals surface area contributed by atoms with Crippen LogP contribution in [-0.2, 0) is 32.6 Å². The Kier molecular flexibility index (Phi) is 12.0. The number of benzene rings is 4. The molecule has 236 valence electrons. The van der Waals surface area contributed by atoms with E-state index in [9.17, 15) is 18.0 Å². The molecule has 0 aliphatic carbocycles. The van der Waals surface area contributed by atoms with Gasteiger partial charge >= 0.3 is 0 Å². The molecule has 4 aromatic carbocycles. The summed E-state index contributed by atoms with van der Waals surface area (Å²) in [6.07, 6.45) is 2.00. The molecule has 0 fully saturated rings. The minimum Gasteiger partial charge on any atom is -0.354 e. The SMILES string of the molecule is CCCCNC(=O)[C@H](Cc1ccccc1)N(Cc1ccccc1C)C(=O)CN(c1ccc(Br)cc1)S(=O)(=O)c1ccc(C)cc1. The molecule has 0 radical (unpaired) electrons. The molecule has 4 aromatic rings. The average Bonchev–Trinajstić information content (AvgIpc) is 3.03. The van der Waals surface area contributed by atoms with Crippen LogP contribution in [0.1, 0.15) is 42.0 Å². The molecule has 0 spiro atoms. The fourth-order valence-corrected chi connectivity index (χ4v) is 6.68. The summed E-state index contributed by atoms with van der Waals surface area (Å²) in [4.78, 5) is 30.0. The number of nitrogens with zero attached hydrogens (tertiary/aromatic N) is 2. The van der Waals surface area contributed by atoms with E-state index in [2.05, 4.69) is 21.2 Å². The van der Waals surface area contributed by atoms with E-state index >= 15 is 0 Å². The molecule has 2 amide bonds. The second-order valence-corrected chi connectivity index (χ2v) is 13.9. The number of hydrogen-bond donors (Lipinski definition) is 1. The molecule has 0 saturated carbocycles. The van der Waals surface area contributed by atoms with E-state index in [0.29, 0.717) is 12.2 Å². The highest BCUT2D eigenvalue weighted by molar-refractivity contribution is 9.10. The Morgan fingerprint density at radius 1 is 0.844 bits per heavy atom. The molecule has 0 heterocycles.